The number of fused-ring (bicyclic) bond motifs is 1. The number of carboxylic acids is 1. The van der Waals surface area contributed by atoms with Gasteiger partial charge in [-0.1, -0.05) is 30.3 Å². The Kier molecular flexibility index (Phi) is 3.66. The van der Waals surface area contributed by atoms with E-state index < -0.39 is 16.0 Å². The van der Waals surface area contributed by atoms with Gasteiger partial charge in [-0.05, 0) is 42.0 Å². The van der Waals surface area contributed by atoms with E-state index in [0.29, 0.717) is 11.3 Å². The lowest BCUT2D eigenvalue weighted by Crippen LogP contribution is -2.37. The number of aliphatic carboxylic acids is 1. The summed E-state index contributed by atoms with van der Waals surface area (Å²) in [6.45, 7) is 0. The first-order chi connectivity index (χ1) is 12.5. The van der Waals surface area contributed by atoms with Crippen molar-refractivity contribution in [3.63, 3.8) is 0 Å². The smallest absolute Gasteiger partial charge is 0.353 e. The monoisotopic (exact) mass is 366 g/mol. The van der Waals surface area contributed by atoms with Crippen molar-refractivity contribution >= 4 is 27.8 Å². The summed E-state index contributed by atoms with van der Waals surface area (Å²) in [6.07, 6.45) is 4.92. The van der Waals surface area contributed by atoms with Crippen LogP contribution >= 0.6 is 0 Å². The lowest BCUT2D eigenvalue weighted by atomic mass is 10.1. The van der Waals surface area contributed by atoms with Crippen molar-refractivity contribution in [3.05, 3.63) is 84.3 Å². The largest absolute Gasteiger partial charge is 0.477 e. The standard InChI is InChI=1S/C19H14N2O4S/c22-19(23)17-13-14-7-1-4-10-18(14)26(24,25)21(17)16-9-3-2-8-15(16)20-11-5-6-12-20/h1-13H,(H,22,23). The second kappa shape index (κ2) is 5.89. The summed E-state index contributed by atoms with van der Waals surface area (Å²) in [5, 5.41) is 9.67. The van der Waals surface area contributed by atoms with Crippen LogP contribution in [-0.4, -0.2) is 24.1 Å². The molecule has 26 heavy (non-hydrogen) atoms. The number of hydrogen-bond donors (Lipinski definition) is 1. The Bertz CT molecular complexity index is 1130. The van der Waals surface area contributed by atoms with Crippen LogP contribution < -0.4 is 4.31 Å². The second-order valence-corrected chi connectivity index (χ2v) is 7.48. The van der Waals surface area contributed by atoms with Crippen LogP contribution in [0.3, 0.4) is 0 Å². The van der Waals surface area contributed by atoms with Crippen LogP contribution in [0, 0.1) is 0 Å². The molecule has 0 radical (unpaired) electrons. The third-order valence-electron chi connectivity index (χ3n) is 4.15. The molecule has 1 aliphatic heterocycles. The number of benzene rings is 2. The predicted octanol–water partition coefficient (Wildman–Crippen LogP) is 3.11. The van der Waals surface area contributed by atoms with Crippen LogP contribution in [0.5, 0.6) is 0 Å². The quantitative estimate of drug-likeness (QED) is 0.772. The van der Waals surface area contributed by atoms with Crippen molar-refractivity contribution < 1.29 is 18.3 Å². The first-order valence-electron chi connectivity index (χ1n) is 7.82. The molecule has 0 saturated carbocycles. The number of sulfonamides is 1. The number of nitrogens with zero attached hydrogens (tertiary/aromatic N) is 2. The Balaban J connectivity index is 2.02. The van der Waals surface area contributed by atoms with E-state index in [0.717, 1.165) is 4.31 Å². The van der Waals surface area contributed by atoms with Gasteiger partial charge in [0.25, 0.3) is 10.0 Å². The van der Waals surface area contributed by atoms with Crippen molar-refractivity contribution in [3.8, 4) is 5.69 Å². The van der Waals surface area contributed by atoms with Crippen LogP contribution in [0.4, 0.5) is 5.69 Å². The average molecular weight is 366 g/mol. The van der Waals surface area contributed by atoms with Crippen molar-refractivity contribution in [2.45, 2.75) is 4.90 Å². The Labute approximate surface area is 150 Å². The van der Waals surface area contributed by atoms with Gasteiger partial charge in [0, 0.05) is 12.4 Å². The number of carboxylic acid groups (broad SMARTS) is 1. The van der Waals surface area contributed by atoms with Gasteiger partial charge in [0.05, 0.1) is 16.3 Å². The highest BCUT2D eigenvalue weighted by Crippen LogP contribution is 2.38. The molecule has 1 N–H and O–H groups in total. The zero-order valence-electron chi connectivity index (χ0n) is 13.5. The van der Waals surface area contributed by atoms with E-state index in [-0.39, 0.29) is 16.3 Å². The van der Waals surface area contributed by atoms with Gasteiger partial charge in [0.2, 0.25) is 0 Å². The Hall–Kier alpha value is -3.32. The van der Waals surface area contributed by atoms with Crippen LogP contribution in [0.15, 0.2) is 83.6 Å². The summed E-state index contributed by atoms with van der Waals surface area (Å²) in [6, 6.07) is 16.8. The first kappa shape index (κ1) is 16.2. The second-order valence-electron chi connectivity index (χ2n) is 5.72. The maximum atomic E-state index is 13.3. The van der Waals surface area contributed by atoms with Gasteiger partial charge in [0.15, 0.2) is 0 Å². The molecule has 0 spiro atoms. The van der Waals surface area contributed by atoms with Gasteiger partial charge >= 0.3 is 5.97 Å². The van der Waals surface area contributed by atoms with Gasteiger partial charge in [-0.2, -0.15) is 0 Å². The number of hydrogen-bond acceptors (Lipinski definition) is 3. The van der Waals surface area contributed by atoms with Crippen LogP contribution in [0.2, 0.25) is 0 Å². The molecule has 0 saturated heterocycles. The van der Waals surface area contributed by atoms with E-state index in [4.69, 9.17) is 0 Å². The highest BCUT2D eigenvalue weighted by molar-refractivity contribution is 7.93. The molecule has 0 atom stereocenters. The van der Waals surface area contributed by atoms with E-state index in [1.165, 1.54) is 12.1 Å². The number of anilines is 1. The number of carbonyl (C=O) groups is 1. The molecule has 2 heterocycles. The van der Waals surface area contributed by atoms with Gasteiger partial charge in [-0.25, -0.2) is 17.5 Å². The zero-order valence-corrected chi connectivity index (χ0v) is 14.3. The lowest BCUT2D eigenvalue weighted by Gasteiger charge is -2.30. The fourth-order valence-corrected chi connectivity index (χ4v) is 4.70. The fourth-order valence-electron chi connectivity index (χ4n) is 3.03. The molecule has 130 valence electrons. The highest BCUT2D eigenvalue weighted by atomic mass is 32.2. The van der Waals surface area contributed by atoms with Gasteiger partial charge < -0.3 is 9.67 Å². The number of aromatic nitrogens is 1. The zero-order chi connectivity index (χ0) is 18.3. The van der Waals surface area contributed by atoms with Gasteiger partial charge in [-0.3, -0.25) is 0 Å². The minimum atomic E-state index is -4.07. The first-order valence-corrected chi connectivity index (χ1v) is 9.26. The molecule has 1 aromatic heterocycles. The summed E-state index contributed by atoms with van der Waals surface area (Å²) in [5.41, 5.74) is 0.877. The molecule has 3 aromatic rings. The Morgan fingerprint density at radius 2 is 1.46 bits per heavy atom. The van der Waals surface area contributed by atoms with Crippen molar-refractivity contribution in [1.29, 1.82) is 0 Å². The normalized spacial score (nSPS) is 15.2. The molecular weight excluding hydrogens is 352 g/mol. The van der Waals surface area contributed by atoms with E-state index in [2.05, 4.69) is 0 Å². The van der Waals surface area contributed by atoms with E-state index in [1.807, 2.05) is 12.1 Å². The number of para-hydroxylation sites is 2. The van der Waals surface area contributed by atoms with Crippen molar-refractivity contribution in [2.75, 3.05) is 4.31 Å². The molecule has 0 bridgehead atoms. The van der Waals surface area contributed by atoms with Gasteiger partial charge in [-0.15, -0.1) is 0 Å². The molecule has 7 heteroatoms. The summed E-state index contributed by atoms with van der Waals surface area (Å²) in [5.74, 6) is -1.31. The molecule has 0 unspecified atom stereocenters. The van der Waals surface area contributed by atoms with E-state index in [1.54, 1.807) is 59.4 Å². The third-order valence-corrected chi connectivity index (χ3v) is 5.95. The highest BCUT2D eigenvalue weighted by Gasteiger charge is 2.37. The fraction of sp³-hybridized carbons (Fsp3) is 0. The summed E-state index contributed by atoms with van der Waals surface area (Å²) in [7, 11) is -4.07. The minimum absolute atomic E-state index is 0.0762. The maximum absolute atomic E-state index is 13.3. The molecular formula is C19H14N2O4S. The topological polar surface area (TPSA) is 79.6 Å². The van der Waals surface area contributed by atoms with Crippen LogP contribution in [0.25, 0.3) is 11.8 Å². The molecule has 0 fully saturated rings. The Morgan fingerprint density at radius 1 is 0.846 bits per heavy atom. The lowest BCUT2D eigenvalue weighted by molar-refractivity contribution is -0.132. The molecule has 0 amide bonds. The van der Waals surface area contributed by atoms with E-state index >= 15 is 0 Å². The van der Waals surface area contributed by atoms with Crippen molar-refractivity contribution in [2.24, 2.45) is 0 Å². The molecule has 1 aliphatic rings. The predicted molar refractivity (Wildman–Crippen MR) is 97.5 cm³/mol. The van der Waals surface area contributed by atoms with E-state index in [9.17, 15) is 18.3 Å². The van der Waals surface area contributed by atoms with Crippen molar-refractivity contribution in [1.82, 2.24) is 4.57 Å². The molecule has 2 aromatic carbocycles. The molecule has 6 nitrogen and oxygen atoms in total. The molecule has 0 aliphatic carbocycles. The van der Waals surface area contributed by atoms with Crippen LogP contribution in [0.1, 0.15) is 5.56 Å². The average Bonchev–Trinajstić information content (AvgIpc) is 3.16. The van der Waals surface area contributed by atoms with Crippen LogP contribution in [-0.2, 0) is 14.8 Å². The number of rotatable bonds is 3. The van der Waals surface area contributed by atoms with Gasteiger partial charge in [0.1, 0.15) is 5.70 Å². The third kappa shape index (κ3) is 2.41. The molecule has 4 rings (SSSR count). The summed E-state index contributed by atoms with van der Waals surface area (Å²) < 4.78 is 29.1. The SMILES string of the molecule is O=C(O)C1=Cc2ccccc2S(=O)(=O)N1c1ccccc1-n1cccc1. The summed E-state index contributed by atoms with van der Waals surface area (Å²) in [4.78, 5) is 11.9. The summed E-state index contributed by atoms with van der Waals surface area (Å²) >= 11 is 0. The maximum Gasteiger partial charge on any atom is 0.353 e. The Morgan fingerprint density at radius 3 is 2.15 bits per heavy atom. The minimum Gasteiger partial charge on any atom is -0.477 e.